The summed E-state index contributed by atoms with van der Waals surface area (Å²) in [5, 5.41) is 0. The summed E-state index contributed by atoms with van der Waals surface area (Å²) in [5.41, 5.74) is 1.67. The van der Waals surface area contributed by atoms with Crippen LogP contribution in [0.15, 0.2) is 24.3 Å². The molecule has 1 aliphatic heterocycles. The molecule has 2 rings (SSSR count). The van der Waals surface area contributed by atoms with Crippen molar-refractivity contribution in [1.82, 2.24) is 0 Å². The Hall–Kier alpha value is -1.29. The quantitative estimate of drug-likeness (QED) is 0.770. The third kappa shape index (κ3) is 4.17. The van der Waals surface area contributed by atoms with E-state index in [-0.39, 0.29) is 27.9 Å². The molecule has 0 N–H and O–H groups in total. The number of carbonyl (C=O) groups excluding carboxylic acids is 2. The van der Waals surface area contributed by atoms with E-state index in [0.717, 1.165) is 11.3 Å². The van der Waals surface area contributed by atoms with Gasteiger partial charge in [0.1, 0.15) is 0 Å². The van der Waals surface area contributed by atoms with Gasteiger partial charge in [0.15, 0.2) is 0 Å². The van der Waals surface area contributed by atoms with E-state index < -0.39 is 0 Å². The molecule has 0 aliphatic carbocycles. The third-order valence-electron chi connectivity index (χ3n) is 3.91. The van der Waals surface area contributed by atoms with Gasteiger partial charge in [-0.05, 0) is 17.0 Å². The van der Waals surface area contributed by atoms with E-state index in [1.807, 2.05) is 24.3 Å². The van der Waals surface area contributed by atoms with Crippen LogP contribution in [0.2, 0.25) is 0 Å². The van der Waals surface area contributed by atoms with Crippen molar-refractivity contribution in [2.45, 2.75) is 58.1 Å². The molecule has 126 valence electrons. The van der Waals surface area contributed by atoms with Crippen molar-refractivity contribution in [2.75, 3.05) is 10.7 Å². The van der Waals surface area contributed by atoms with Gasteiger partial charge in [0.2, 0.25) is 11.8 Å². The fourth-order valence-corrected chi connectivity index (χ4v) is 3.69. The molecule has 1 unspecified atom stereocenters. The maximum atomic E-state index is 12.8. The van der Waals surface area contributed by atoms with E-state index >= 15 is 0 Å². The van der Waals surface area contributed by atoms with Crippen molar-refractivity contribution >= 4 is 29.3 Å². The zero-order chi connectivity index (χ0) is 17.4. The number of rotatable bonds is 3. The van der Waals surface area contributed by atoms with Gasteiger partial charge in [-0.25, -0.2) is 4.90 Å². The van der Waals surface area contributed by atoms with Crippen molar-refractivity contribution in [3.63, 3.8) is 0 Å². The molecular formula is C19H27NO2S. The first-order valence-corrected chi connectivity index (χ1v) is 9.09. The number of hydrogen-bond donors (Lipinski definition) is 0. The second-order valence-corrected chi connectivity index (χ2v) is 10.0. The highest BCUT2D eigenvalue weighted by molar-refractivity contribution is 8.00. The Morgan fingerprint density at radius 2 is 1.70 bits per heavy atom. The van der Waals surface area contributed by atoms with Crippen molar-refractivity contribution < 1.29 is 9.59 Å². The molecule has 1 fully saturated rings. The summed E-state index contributed by atoms with van der Waals surface area (Å²) in [6.07, 6.45) is 0.320. The molecule has 0 aromatic heterocycles. The number of para-hydroxylation sites is 1. The van der Waals surface area contributed by atoms with E-state index in [0.29, 0.717) is 12.2 Å². The van der Waals surface area contributed by atoms with Crippen molar-refractivity contribution in [2.24, 2.45) is 5.92 Å². The number of amides is 2. The second kappa shape index (κ2) is 6.31. The number of thioether (sulfide) groups is 1. The number of carbonyl (C=O) groups is 2. The molecule has 23 heavy (non-hydrogen) atoms. The largest absolute Gasteiger partial charge is 0.274 e. The van der Waals surface area contributed by atoms with Crippen molar-refractivity contribution in [3.8, 4) is 0 Å². The van der Waals surface area contributed by atoms with Gasteiger partial charge in [0, 0.05) is 16.9 Å². The molecule has 1 aliphatic rings. The monoisotopic (exact) mass is 333 g/mol. The van der Waals surface area contributed by atoms with Gasteiger partial charge >= 0.3 is 0 Å². The van der Waals surface area contributed by atoms with Crippen LogP contribution in [-0.2, 0) is 15.0 Å². The number of hydrogen-bond acceptors (Lipinski definition) is 3. The standard InChI is InChI=1S/C19H27NO2S/c1-18(2,3)14-9-7-8-10-15(14)20-16(21)11-13(17(20)22)12-23-19(4,5)6/h7-10,13H,11-12H2,1-6H3. The van der Waals surface area contributed by atoms with Crippen LogP contribution in [0.3, 0.4) is 0 Å². The Morgan fingerprint density at radius 1 is 1.09 bits per heavy atom. The van der Waals surface area contributed by atoms with Crippen molar-refractivity contribution in [3.05, 3.63) is 29.8 Å². The van der Waals surface area contributed by atoms with E-state index in [9.17, 15) is 9.59 Å². The zero-order valence-corrected chi connectivity index (χ0v) is 15.8. The van der Waals surface area contributed by atoms with Gasteiger partial charge in [-0.15, -0.1) is 0 Å². The fraction of sp³-hybridized carbons (Fsp3) is 0.579. The summed E-state index contributed by atoms with van der Waals surface area (Å²) < 4.78 is 0.0973. The average molecular weight is 333 g/mol. The number of imide groups is 1. The highest BCUT2D eigenvalue weighted by Crippen LogP contribution is 2.37. The van der Waals surface area contributed by atoms with Gasteiger partial charge in [-0.2, -0.15) is 11.8 Å². The summed E-state index contributed by atoms with van der Waals surface area (Å²) in [6.45, 7) is 12.7. The van der Waals surface area contributed by atoms with Crippen LogP contribution < -0.4 is 4.90 Å². The summed E-state index contributed by atoms with van der Waals surface area (Å²) in [4.78, 5) is 26.7. The third-order valence-corrected chi connectivity index (χ3v) is 5.35. The summed E-state index contributed by atoms with van der Waals surface area (Å²) >= 11 is 1.74. The van der Waals surface area contributed by atoms with Crippen LogP contribution in [0.1, 0.15) is 53.5 Å². The second-order valence-electron chi connectivity index (χ2n) is 8.16. The zero-order valence-electron chi connectivity index (χ0n) is 15.0. The van der Waals surface area contributed by atoms with E-state index in [1.165, 1.54) is 4.90 Å². The van der Waals surface area contributed by atoms with Crippen LogP contribution in [-0.4, -0.2) is 22.3 Å². The average Bonchev–Trinajstić information content (AvgIpc) is 2.69. The summed E-state index contributed by atoms with van der Waals surface area (Å²) in [5.74, 6) is 0.358. The highest BCUT2D eigenvalue weighted by atomic mass is 32.2. The molecule has 2 amide bonds. The molecule has 1 aromatic rings. The molecule has 4 heteroatoms. The van der Waals surface area contributed by atoms with Gasteiger partial charge in [0.25, 0.3) is 0 Å². The Kier molecular flexibility index (Phi) is 4.95. The van der Waals surface area contributed by atoms with E-state index in [1.54, 1.807) is 11.8 Å². The van der Waals surface area contributed by atoms with Crippen LogP contribution in [0.5, 0.6) is 0 Å². The number of anilines is 1. The summed E-state index contributed by atoms with van der Waals surface area (Å²) in [7, 11) is 0. The van der Waals surface area contributed by atoms with Crippen LogP contribution in [0, 0.1) is 5.92 Å². The van der Waals surface area contributed by atoms with E-state index in [4.69, 9.17) is 0 Å². The van der Waals surface area contributed by atoms with Gasteiger partial charge in [0.05, 0.1) is 11.6 Å². The fourth-order valence-electron chi connectivity index (χ4n) is 2.73. The molecule has 0 radical (unpaired) electrons. The molecular weight excluding hydrogens is 306 g/mol. The Balaban J connectivity index is 2.28. The highest BCUT2D eigenvalue weighted by Gasteiger charge is 2.41. The van der Waals surface area contributed by atoms with Crippen LogP contribution in [0.4, 0.5) is 5.69 Å². The van der Waals surface area contributed by atoms with Crippen LogP contribution >= 0.6 is 11.8 Å². The van der Waals surface area contributed by atoms with E-state index in [2.05, 4.69) is 41.5 Å². The minimum absolute atomic E-state index is 0.0524. The number of benzene rings is 1. The lowest BCUT2D eigenvalue weighted by Gasteiger charge is -2.27. The predicted molar refractivity (Wildman–Crippen MR) is 98.0 cm³/mol. The molecule has 1 atom stereocenters. The minimum Gasteiger partial charge on any atom is -0.274 e. The lowest BCUT2D eigenvalue weighted by Crippen LogP contribution is -2.33. The van der Waals surface area contributed by atoms with Crippen LogP contribution in [0.25, 0.3) is 0 Å². The Morgan fingerprint density at radius 3 is 2.26 bits per heavy atom. The minimum atomic E-state index is -0.209. The van der Waals surface area contributed by atoms with Gasteiger partial charge in [-0.1, -0.05) is 59.7 Å². The Labute approximate surface area is 143 Å². The first-order valence-electron chi connectivity index (χ1n) is 8.11. The predicted octanol–water partition coefficient (Wildman–Crippen LogP) is 4.40. The smallest absolute Gasteiger partial charge is 0.238 e. The number of nitrogens with zero attached hydrogens (tertiary/aromatic N) is 1. The molecule has 0 saturated carbocycles. The lowest BCUT2D eigenvalue weighted by molar-refractivity contribution is -0.122. The van der Waals surface area contributed by atoms with Crippen molar-refractivity contribution in [1.29, 1.82) is 0 Å². The Bertz CT molecular complexity index is 611. The normalized spacial score (nSPS) is 19.6. The molecule has 0 bridgehead atoms. The van der Waals surface area contributed by atoms with Gasteiger partial charge < -0.3 is 0 Å². The maximum Gasteiger partial charge on any atom is 0.238 e. The summed E-state index contributed by atoms with van der Waals surface area (Å²) in [6, 6.07) is 7.74. The molecule has 1 aromatic carbocycles. The SMILES string of the molecule is CC(C)(C)SCC1CC(=O)N(c2ccccc2C(C)(C)C)C1=O. The topological polar surface area (TPSA) is 37.4 Å². The lowest BCUT2D eigenvalue weighted by atomic mass is 9.85. The molecule has 1 heterocycles. The maximum absolute atomic E-state index is 12.8. The molecule has 1 saturated heterocycles. The van der Waals surface area contributed by atoms with Gasteiger partial charge in [-0.3, -0.25) is 9.59 Å². The molecule has 3 nitrogen and oxygen atoms in total. The molecule has 0 spiro atoms. The first-order chi connectivity index (χ1) is 10.5. The first kappa shape index (κ1) is 18.1.